The fourth-order valence-corrected chi connectivity index (χ4v) is 3.42. The van der Waals surface area contributed by atoms with Crippen LogP contribution in [0.5, 0.6) is 0 Å². The molecule has 0 aliphatic rings. The summed E-state index contributed by atoms with van der Waals surface area (Å²) in [6.07, 6.45) is 5.21. The first-order valence-corrected chi connectivity index (χ1v) is 10.0. The second-order valence-electron chi connectivity index (χ2n) is 6.96. The number of nitrogens with one attached hydrogen (secondary N) is 1. The lowest BCUT2D eigenvalue weighted by Gasteiger charge is -2.17. The molecule has 27 heavy (non-hydrogen) atoms. The number of thiazole rings is 1. The third-order valence-electron chi connectivity index (χ3n) is 4.00. The Kier molecular flexibility index (Phi) is 7.73. The maximum absolute atomic E-state index is 12.1. The largest absolute Gasteiger partial charge is 0.350 e. The van der Waals surface area contributed by atoms with E-state index < -0.39 is 0 Å². The Hall–Kier alpha value is -2.47. The quantitative estimate of drug-likeness (QED) is 0.665. The average molecular weight is 386 g/mol. The van der Waals surface area contributed by atoms with Gasteiger partial charge in [0.05, 0.1) is 11.4 Å². The summed E-state index contributed by atoms with van der Waals surface area (Å²) in [5.41, 5.74) is 1.42. The zero-order valence-electron chi connectivity index (χ0n) is 16.3. The highest BCUT2D eigenvalue weighted by atomic mass is 32.1. The van der Waals surface area contributed by atoms with Gasteiger partial charge in [-0.1, -0.05) is 32.0 Å². The van der Waals surface area contributed by atoms with Gasteiger partial charge in [-0.25, -0.2) is 4.98 Å². The average Bonchev–Trinajstić information content (AvgIpc) is 3.07. The first-order valence-electron chi connectivity index (χ1n) is 9.16. The molecule has 0 fully saturated rings. The van der Waals surface area contributed by atoms with Gasteiger partial charge in [-0.05, 0) is 43.9 Å². The molecule has 0 saturated heterocycles. The predicted molar refractivity (Wildman–Crippen MR) is 112 cm³/mol. The van der Waals surface area contributed by atoms with Crippen molar-refractivity contribution < 1.29 is 9.59 Å². The highest BCUT2D eigenvalue weighted by Gasteiger charge is 2.17. The Morgan fingerprint density at radius 3 is 2.52 bits per heavy atom. The van der Waals surface area contributed by atoms with E-state index in [-0.39, 0.29) is 17.9 Å². The van der Waals surface area contributed by atoms with Crippen LogP contribution in [0.15, 0.2) is 41.8 Å². The molecule has 0 aliphatic carbocycles. The summed E-state index contributed by atoms with van der Waals surface area (Å²) in [7, 11) is 0. The van der Waals surface area contributed by atoms with Crippen LogP contribution in [0.1, 0.15) is 46.2 Å². The predicted octanol–water partition coefficient (Wildman–Crippen LogP) is 4.78. The number of rotatable bonds is 8. The van der Waals surface area contributed by atoms with Crippen molar-refractivity contribution in [1.29, 1.82) is 0 Å². The van der Waals surface area contributed by atoms with Crippen molar-refractivity contribution in [3.8, 4) is 0 Å². The monoisotopic (exact) mass is 385 g/mol. The van der Waals surface area contributed by atoms with Crippen LogP contribution >= 0.6 is 11.3 Å². The van der Waals surface area contributed by atoms with E-state index in [1.54, 1.807) is 11.0 Å². The lowest BCUT2D eigenvalue weighted by molar-refractivity contribution is -0.117. The van der Waals surface area contributed by atoms with Gasteiger partial charge in [0.25, 0.3) is 0 Å². The van der Waals surface area contributed by atoms with Crippen LogP contribution in [0, 0.1) is 5.92 Å². The van der Waals surface area contributed by atoms with Gasteiger partial charge >= 0.3 is 0 Å². The van der Waals surface area contributed by atoms with Gasteiger partial charge in [-0.3, -0.25) is 14.5 Å². The van der Waals surface area contributed by atoms with Crippen molar-refractivity contribution >= 4 is 40.0 Å². The van der Waals surface area contributed by atoms with Gasteiger partial charge in [0, 0.05) is 24.4 Å². The molecule has 2 aromatic rings. The highest BCUT2D eigenvalue weighted by Crippen LogP contribution is 2.28. The van der Waals surface area contributed by atoms with Crippen LogP contribution in [0.25, 0.3) is 6.08 Å². The molecule has 0 bridgehead atoms. The molecule has 1 N–H and O–H groups in total. The van der Waals surface area contributed by atoms with Crippen molar-refractivity contribution in [2.24, 2.45) is 5.92 Å². The molecule has 144 valence electrons. The molecule has 1 aromatic heterocycles. The topological polar surface area (TPSA) is 62.3 Å². The number of aromatic nitrogens is 1. The summed E-state index contributed by atoms with van der Waals surface area (Å²) >= 11 is 1.37. The summed E-state index contributed by atoms with van der Waals surface area (Å²) in [5.74, 6) is 0.386. The number of benzene rings is 1. The van der Waals surface area contributed by atoms with Crippen LogP contribution in [0.4, 0.5) is 10.8 Å². The zero-order chi connectivity index (χ0) is 19.8. The number of para-hydroxylation sites is 1. The van der Waals surface area contributed by atoms with Gasteiger partial charge in [0.1, 0.15) is 0 Å². The van der Waals surface area contributed by atoms with E-state index in [1.807, 2.05) is 42.6 Å². The smallest absolute Gasteiger partial charge is 0.244 e. The normalized spacial score (nSPS) is 12.3. The Bertz CT molecular complexity index is 784. The highest BCUT2D eigenvalue weighted by molar-refractivity contribution is 7.14. The number of amides is 2. The van der Waals surface area contributed by atoms with E-state index in [9.17, 15) is 9.59 Å². The maximum atomic E-state index is 12.1. The van der Waals surface area contributed by atoms with Crippen LogP contribution in [0.3, 0.4) is 0 Å². The van der Waals surface area contributed by atoms with Crippen molar-refractivity contribution in [3.05, 3.63) is 47.5 Å². The molecule has 6 heteroatoms. The SMILES string of the molecule is CC(=O)N(c1ccccc1)c1nc(C=CC(=O)NC(C)CCC(C)C)cs1. The molecule has 1 unspecified atom stereocenters. The van der Waals surface area contributed by atoms with Gasteiger partial charge in [-0.2, -0.15) is 0 Å². The molecule has 0 spiro atoms. The summed E-state index contributed by atoms with van der Waals surface area (Å²) in [4.78, 5) is 30.2. The van der Waals surface area contributed by atoms with Gasteiger partial charge in [0.15, 0.2) is 5.13 Å². The van der Waals surface area contributed by atoms with Gasteiger partial charge in [-0.15, -0.1) is 11.3 Å². The number of hydrogen-bond acceptors (Lipinski definition) is 4. The standard InChI is InChI=1S/C21H27N3O2S/c1-15(2)10-11-16(3)22-20(26)13-12-18-14-27-21(23-18)24(17(4)25)19-8-6-5-7-9-19/h5-9,12-16H,10-11H2,1-4H3,(H,22,26). The lowest BCUT2D eigenvalue weighted by Crippen LogP contribution is -2.31. The molecular formula is C21H27N3O2S. The van der Waals surface area contributed by atoms with Crippen molar-refractivity contribution in [3.63, 3.8) is 0 Å². The fraction of sp³-hybridized carbons (Fsp3) is 0.381. The molecular weight excluding hydrogens is 358 g/mol. The minimum Gasteiger partial charge on any atom is -0.350 e. The third kappa shape index (κ3) is 6.64. The van der Waals surface area contributed by atoms with Gasteiger partial charge < -0.3 is 5.32 Å². The minimum absolute atomic E-state index is 0.109. The Morgan fingerprint density at radius 1 is 1.19 bits per heavy atom. The second kappa shape index (κ2) is 10.0. The third-order valence-corrected chi connectivity index (χ3v) is 4.85. The van der Waals surface area contributed by atoms with E-state index in [0.717, 1.165) is 18.5 Å². The molecule has 2 rings (SSSR count). The molecule has 1 atom stereocenters. The summed E-state index contributed by atoms with van der Waals surface area (Å²) in [5, 5.41) is 5.38. The molecule has 0 radical (unpaired) electrons. The summed E-state index contributed by atoms with van der Waals surface area (Å²) in [6, 6.07) is 9.53. The molecule has 5 nitrogen and oxygen atoms in total. The Labute approximate surface area is 165 Å². The lowest BCUT2D eigenvalue weighted by atomic mass is 10.0. The molecule has 2 amide bonds. The van der Waals surface area contributed by atoms with Crippen LogP contribution in [-0.2, 0) is 9.59 Å². The zero-order valence-corrected chi connectivity index (χ0v) is 17.1. The number of carbonyl (C=O) groups is 2. The number of anilines is 2. The minimum atomic E-state index is -0.132. The van der Waals surface area contributed by atoms with Crippen molar-refractivity contribution in [1.82, 2.24) is 10.3 Å². The summed E-state index contributed by atoms with van der Waals surface area (Å²) in [6.45, 7) is 7.87. The van der Waals surface area contributed by atoms with Crippen molar-refractivity contribution in [2.45, 2.75) is 46.6 Å². The van der Waals surface area contributed by atoms with E-state index >= 15 is 0 Å². The van der Waals surface area contributed by atoms with Crippen LogP contribution in [-0.4, -0.2) is 22.8 Å². The number of hydrogen-bond donors (Lipinski definition) is 1. The first-order chi connectivity index (χ1) is 12.9. The molecule has 0 aliphatic heterocycles. The molecule has 1 aromatic carbocycles. The first kappa shape index (κ1) is 20.8. The number of nitrogens with zero attached hydrogens (tertiary/aromatic N) is 2. The van der Waals surface area contributed by atoms with Crippen LogP contribution in [0.2, 0.25) is 0 Å². The van der Waals surface area contributed by atoms with Gasteiger partial charge in [0.2, 0.25) is 11.8 Å². The van der Waals surface area contributed by atoms with Crippen molar-refractivity contribution in [2.75, 3.05) is 4.90 Å². The molecule has 1 heterocycles. The van der Waals surface area contributed by atoms with E-state index in [2.05, 4.69) is 24.1 Å². The van der Waals surface area contributed by atoms with E-state index in [4.69, 9.17) is 0 Å². The molecule has 0 saturated carbocycles. The maximum Gasteiger partial charge on any atom is 0.244 e. The Balaban J connectivity index is 2.01. The second-order valence-corrected chi connectivity index (χ2v) is 7.80. The van der Waals surface area contributed by atoms with E-state index in [0.29, 0.717) is 16.7 Å². The summed E-state index contributed by atoms with van der Waals surface area (Å²) < 4.78 is 0. The fourth-order valence-electron chi connectivity index (χ4n) is 2.57. The van der Waals surface area contributed by atoms with Crippen LogP contribution < -0.4 is 10.2 Å². The van der Waals surface area contributed by atoms with E-state index in [1.165, 1.54) is 24.3 Å². The Morgan fingerprint density at radius 2 is 1.89 bits per heavy atom. The number of carbonyl (C=O) groups excluding carboxylic acids is 2.